The summed E-state index contributed by atoms with van der Waals surface area (Å²) in [5.74, 6) is 0. The SMILES string of the molecule is Cc1ccc(-n2n[c-]c3c2c2cc(C(C)(C)n4c5ccccc5c5ccccc54)ccc2c2ccnn32)s1.[Ir]. The number of hydrogen-bond donors (Lipinski definition) is 0. The van der Waals surface area contributed by atoms with E-state index in [2.05, 4.69) is 122 Å². The van der Waals surface area contributed by atoms with Gasteiger partial charge in [-0.2, -0.15) is 5.10 Å². The van der Waals surface area contributed by atoms with Crippen LogP contribution in [0, 0.1) is 13.1 Å². The summed E-state index contributed by atoms with van der Waals surface area (Å²) in [4.78, 5) is 1.25. The first-order chi connectivity index (χ1) is 18.5. The van der Waals surface area contributed by atoms with Crippen molar-refractivity contribution in [3.63, 3.8) is 0 Å². The fourth-order valence-corrected chi connectivity index (χ4v) is 6.89. The van der Waals surface area contributed by atoms with Gasteiger partial charge in [-0.3, -0.25) is 9.61 Å². The topological polar surface area (TPSA) is 40.0 Å². The number of aromatic nitrogens is 5. The summed E-state index contributed by atoms with van der Waals surface area (Å²) in [5.41, 5.74) is 6.37. The molecule has 0 amide bonds. The number of thiophene rings is 1. The summed E-state index contributed by atoms with van der Waals surface area (Å²) >= 11 is 1.73. The molecular weight excluding hydrogens is 679 g/mol. The van der Waals surface area contributed by atoms with E-state index in [-0.39, 0.29) is 25.6 Å². The standard InChI is InChI=1S/C32H24N5S.Ir/c1-20-12-15-30(38-20)37-31-25-18-21(13-14-24(25)28-16-17-33-36(28)29(31)19-34-37)32(2,3)35-26-10-6-4-8-22(26)23-9-5-7-11-27(23)35;/h4-18H,1-3H3;/q-1;. The maximum atomic E-state index is 4.72. The minimum atomic E-state index is -0.316. The fraction of sp³-hybridized carbons (Fsp3) is 0.125. The molecule has 5 heterocycles. The second-order valence-corrected chi connectivity index (χ2v) is 11.7. The number of para-hydroxylation sites is 2. The molecule has 0 aliphatic carbocycles. The summed E-state index contributed by atoms with van der Waals surface area (Å²) in [6, 6.07) is 30.6. The number of pyridine rings is 1. The number of nitrogens with zero attached hydrogens (tertiary/aromatic N) is 5. The van der Waals surface area contributed by atoms with Crippen molar-refractivity contribution in [1.82, 2.24) is 24.0 Å². The van der Waals surface area contributed by atoms with Gasteiger partial charge in [-0.05, 0) is 62.1 Å². The van der Waals surface area contributed by atoms with Crippen molar-refractivity contribution in [2.75, 3.05) is 0 Å². The van der Waals surface area contributed by atoms with E-state index in [1.165, 1.54) is 32.2 Å². The molecule has 0 N–H and O–H groups in total. The molecule has 5 aromatic heterocycles. The third-order valence-corrected chi connectivity index (χ3v) is 8.85. The molecule has 7 heteroatoms. The van der Waals surface area contributed by atoms with E-state index in [0.717, 1.165) is 32.3 Å². The van der Waals surface area contributed by atoms with Crippen LogP contribution in [0.25, 0.3) is 54.1 Å². The fourth-order valence-electron chi connectivity index (χ4n) is 6.07. The van der Waals surface area contributed by atoms with E-state index >= 15 is 0 Å². The zero-order valence-corrected chi connectivity index (χ0v) is 24.8. The van der Waals surface area contributed by atoms with Crippen LogP contribution in [0.1, 0.15) is 24.3 Å². The van der Waals surface area contributed by atoms with Crippen LogP contribution in [-0.4, -0.2) is 24.0 Å². The summed E-state index contributed by atoms with van der Waals surface area (Å²) in [7, 11) is 0. The van der Waals surface area contributed by atoms with Crippen molar-refractivity contribution in [3.8, 4) is 5.00 Å². The Morgan fingerprint density at radius 1 is 0.769 bits per heavy atom. The van der Waals surface area contributed by atoms with Gasteiger partial charge >= 0.3 is 0 Å². The van der Waals surface area contributed by atoms with Crippen molar-refractivity contribution in [3.05, 3.63) is 108 Å². The third kappa shape index (κ3) is 3.34. The van der Waals surface area contributed by atoms with Crippen LogP contribution in [0.4, 0.5) is 0 Å². The van der Waals surface area contributed by atoms with Crippen LogP contribution in [0.3, 0.4) is 0 Å². The average Bonchev–Trinajstić information content (AvgIpc) is 3.72. The summed E-state index contributed by atoms with van der Waals surface area (Å²) in [6.07, 6.45) is 5.12. The van der Waals surface area contributed by atoms with Crippen molar-refractivity contribution in [1.29, 1.82) is 0 Å². The summed E-state index contributed by atoms with van der Waals surface area (Å²) in [5, 5.41) is 15.3. The van der Waals surface area contributed by atoms with Gasteiger partial charge in [-0.25, -0.2) is 0 Å². The van der Waals surface area contributed by atoms with E-state index in [1.54, 1.807) is 11.3 Å². The number of aryl methyl sites for hydroxylation is 1. The van der Waals surface area contributed by atoms with E-state index in [1.807, 2.05) is 15.4 Å². The Hall–Kier alpha value is -3.77. The van der Waals surface area contributed by atoms with Crippen LogP contribution < -0.4 is 0 Å². The van der Waals surface area contributed by atoms with E-state index in [9.17, 15) is 0 Å². The van der Waals surface area contributed by atoms with Gasteiger partial charge in [0.2, 0.25) is 0 Å². The molecule has 0 unspecified atom stereocenters. The Labute approximate surface area is 242 Å². The maximum Gasteiger partial charge on any atom is 0.0982 e. The molecule has 3 aromatic carbocycles. The van der Waals surface area contributed by atoms with Crippen LogP contribution >= 0.6 is 11.3 Å². The molecule has 8 aromatic rings. The second-order valence-electron chi connectivity index (χ2n) is 10.4. The van der Waals surface area contributed by atoms with Crippen molar-refractivity contribution >= 4 is 60.5 Å². The normalized spacial score (nSPS) is 12.3. The molecule has 0 spiro atoms. The first-order valence-corrected chi connectivity index (χ1v) is 13.6. The van der Waals surface area contributed by atoms with Gasteiger partial charge in [0.05, 0.1) is 16.1 Å². The zero-order valence-electron chi connectivity index (χ0n) is 21.6. The Morgan fingerprint density at radius 3 is 2.15 bits per heavy atom. The van der Waals surface area contributed by atoms with Gasteiger partial charge in [-0.1, -0.05) is 77.2 Å². The molecule has 0 saturated carbocycles. The van der Waals surface area contributed by atoms with Crippen LogP contribution in [0.5, 0.6) is 0 Å². The number of hydrogen-bond acceptors (Lipinski definition) is 3. The molecular formula is C32H24IrN5S-. The monoisotopic (exact) mass is 703 g/mol. The minimum Gasteiger partial charge on any atom is -0.331 e. The Bertz CT molecular complexity index is 2140. The predicted molar refractivity (Wildman–Crippen MR) is 157 cm³/mol. The molecule has 5 nitrogen and oxygen atoms in total. The molecule has 0 fully saturated rings. The Balaban J connectivity index is 0.00000253. The zero-order chi connectivity index (χ0) is 25.6. The third-order valence-electron chi connectivity index (χ3n) is 7.88. The number of fused-ring (bicyclic) bond motifs is 9. The smallest absolute Gasteiger partial charge is 0.0982 e. The maximum absolute atomic E-state index is 4.72. The quantitative estimate of drug-likeness (QED) is 0.176. The molecule has 0 bridgehead atoms. The van der Waals surface area contributed by atoms with Gasteiger partial charge in [0.25, 0.3) is 0 Å². The molecule has 193 valence electrons. The Morgan fingerprint density at radius 2 is 1.46 bits per heavy atom. The largest absolute Gasteiger partial charge is 0.331 e. The number of rotatable bonds is 3. The van der Waals surface area contributed by atoms with Gasteiger partial charge < -0.3 is 9.25 Å². The summed E-state index contributed by atoms with van der Waals surface area (Å²) in [6.45, 7) is 6.75. The molecule has 0 aliphatic rings. The van der Waals surface area contributed by atoms with Gasteiger partial charge in [-0.15, -0.1) is 11.3 Å². The van der Waals surface area contributed by atoms with Crippen LogP contribution in [-0.2, 0) is 25.6 Å². The first-order valence-electron chi connectivity index (χ1n) is 12.8. The first kappa shape index (κ1) is 24.3. The van der Waals surface area contributed by atoms with Crippen LogP contribution in [0.15, 0.2) is 91.1 Å². The van der Waals surface area contributed by atoms with Crippen LogP contribution in [0.2, 0.25) is 0 Å². The molecule has 8 rings (SSSR count). The molecule has 0 saturated heterocycles. The van der Waals surface area contributed by atoms with Crippen molar-refractivity contribution in [2.24, 2.45) is 0 Å². The van der Waals surface area contributed by atoms with E-state index in [0.29, 0.717) is 0 Å². The molecule has 39 heavy (non-hydrogen) atoms. The van der Waals surface area contributed by atoms with Gasteiger partial charge in [0, 0.05) is 53.0 Å². The van der Waals surface area contributed by atoms with E-state index < -0.39 is 0 Å². The average molecular weight is 703 g/mol. The van der Waals surface area contributed by atoms with Gasteiger partial charge in [0.15, 0.2) is 0 Å². The summed E-state index contributed by atoms with van der Waals surface area (Å²) < 4.78 is 6.46. The number of benzene rings is 3. The van der Waals surface area contributed by atoms with Gasteiger partial charge in [0.1, 0.15) is 0 Å². The molecule has 0 aliphatic heterocycles. The second kappa shape index (κ2) is 8.62. The van der Waals surface area contributed by atoms with Crippen molar-refractivity contribution < 1.29 is 20.1 Å². The van der Waals surface area contributed by atoms with Crippen molar-refractivity contribution in [2.45, 2.75) is 26.3 Å². The molecule has 1 radical (unpaired) electrons. The minimum absolute atomic E-state index is 0. The Kier molecular flexibility index (Phi) is 5.36. The van der Waals surface area contributed by atoms with E-state index in [4.69, 9.17) is 5.10 Å². The predicted octanol–water partition coefficient (Wildman–Crippen LogP) is 7.89. The molecule has 0 atom stereocenters.